The predicted octanol–water partition coefficient (Wildman–Crippen LogP) is 0.795. The number of carbonyl (C=O) groups excluding carboxylic acids is 1. The van der Waals surface area contributed by atoms with Crippen LogP contribution in [0.4, 0.5) is 0 Å². The molecule has 0 aliphatic rings. The minimum atomic E-state index is -0.218. The zero-order valence-electron chi connectivity index (χ0n) is 15.4. The van der Waals surface area contributed by atoms with E-state index < -0.39 is 0 Å². The first-order chi connectivity index (χ1) is 12.3. The Labute approximate surface area is 150 Å². The van der Waals surface area contributed by atoms with Crippen molar-refractivity contribution in [2.24, 2.45) is 0 Å². The highest BCUT2D eigenvalue weighted by Crippen LogP contribution is 1.93. The van der Waals surface area contributed by atoms with E-state index in [2.05, 4.69) is 0 Å². The van der Waals surface area contributed by atoms with Gasteiger partial charge in [0.1, 0.15) is 0 Å². The summed E-state index contributed by atoms with van der Waals surface area (Å²) in [5.74, 6) is -0.218. The molecule has 8 heteroatoms. The lowest BCUT2D eigenvalue weighted by molar-refractivity contribution is -0.145. The Balaban J connectivity index is 3.06. The summed E-state index contributed by atoms with van der Waals surface area (Å²) in [6.45, 7) is 7.11. The van der Waals surface area contributed by atoms with E-state index in [1.54, 1.807) is 0 Å². The van der Waals surface area contributed by atoms with Crippen molar-refractivity contribution in [3.05, 3.63) is 0 Å². The van der Waals surface area contributed by atoms with E-state index in [-0.39, 0.29) is 19.0 Å². The number of rotatable bonds is 20. The van der Waals surface area contributed by atoms with Gasteiger partial charge in [0.25, 0.3) is 0 Å². The Bertz CT molecular complexity index is 275. The third kappa shape index (κ3) is 21.2. The van der Waals surface area contributed by atoms with E-state index in [0.717, 1.165) is 12.8 Å². The molecule has 0 fully saturated rings. The summed E-state index contributed by atoms with van der Waals surface area (Å²) in [5.41, 5.74) is 0. The number of unbranched alkanes of at least 4 members (excludes halogenated alkanes) is 1. The summed E-state index contributed by atoms with van der Waals surface area (Å²) in [4.78, 5) is 11.3. The van der Waals surface area contributed by atoms with Crippen LogP contribution < -0.4 is 0 Å². The van der Waals surface area contributed by atoms with Crippen molar-refractivity contribution >= 4 is 5.97 Å². The molecule has 0 unspecified atom stereocenters. The van der Waals surface area contributed by atoms with Gasteiger partial charge < -0.3 is 33.5 Å². The second-order valence-corrected chi connectivity index (χ2v) is 5.11. The fraction of sp³-hybridized carbons (Fsp3) is 0.941. The molecule has 0 aromatic heterocycles. The van der Waals surface area contributed by atoms with Crippen molar-refractivity contribution < 1.29 is 38.3 Å². The molecule has 0 bridgehead atoms. The van der Waals surface area contributed by atoms with Crippen LogP contribution in [0.5, 0.6) is 0 Å². The number of hydrogen-bond acceptors (Lipinski definition) is 8. The minimum Gasteiger partial charge on any atom is -0.466 e. The summed E-state index contributed by atoms with van der Waals surface area (Å²) >= 11 is 0. The molecule has 0 rings (SSSR count). The zero-order valence-corrected chi connectivity index (χ0v) is 15.4. The molecule has 0 aromatic rings. The number of hydrogen-bond donors (Lipinski definition) is 1. The van der Waals surface area contributed by atoms with Crippen molar-refractivity contribution in [2.45, 2.75) is 26.2 Å². The van der Waals surface area contributed by atoms with E-state index >= 15 is 0 Å². The van der Waals surface area contributed by atoms with Gasteiger partial charge in [-0.25, -0.2) is 0 Å². The van der Waals surface area contributed by atoms with E-state index in [1.165, 1.54) is 0 Å². The maximum Gasteiger partial charge on any atom is 0.308 e. The summed E-state index contributed by atoms with van der Waals surface area (Å²) in [6, 6.07) is 0. The molecule has 0 heterocycles. The van der Waals surface area contributed by atoms with Crippen molar-refractivity contribution in [1.29, 1.82) is 0 Å². The van der Waals surface area contributed by atoms with Crippen LogP contribution in [-0.4, -0.2) is 90.4 Å². The van der Waals surface area contributed by atoms with Crippen LogP contribution in [0.15, 0.2) is 0 Å². The molecule has 0 saturated heterocycles. The van der Waals surface area contributed by atoms with Crippen LogP contribution in [0, 0.1) is 0 Å². The van der Waals surface area contributed by atoms with Gasteiger partial charge in [0.2, 0.25) is 0 Å². The average Bonchev–Trinajstić information content (AvgIpc) is 2.61. The van der Waals surface area contributed by atoms with Gasteiger partial charge in [0, 0.05) is 0 Å². The highest BCUT2D eigenvalue weighted by molar-refractivity contribution is 5.69. The van der Waals surface area contributed by atoms with Gasteiger partial charge >= 0.3 is 5.97 Å². The van der Waals surface area contributed by atoms with Crippen molar-refractivity contribution in [3.63, 3.8) is 0 Å². The zero-order chi connectivity index (χ0) is 18.4. The first-order valence-corrected chi connectivity index (χ1v) is 8.96. The number of aliphatic hydroxyl groups excluding tert-OH is 1. The van der Waals surface area contributed by atoms with Gasteiger partial charge in [-0.1, -0.05) is 13.3 Å². The fourth-order valence-electron chi connectivity index (χ4n) is 1.60. The van der Waals surface area contributed by atoms with Gasteiger partial charge in [-0.2, -0.15) is 0 Å². The monoisotopic (exact) mass is 366 g/mol. The molecule has 0 aliphatic heterocycles. The van der Waals surface area contributed by atoms with Gasteiger partial charge in [0.05, 0.1) is 85.7 Å². The number of aliphatic hydroxyl groups is 1. The maximum atomic E-state index is 11.3. The molecule has 0 spiro atoms. The standard InChI is InChI=1S/C17H34O8/c1-2-3-6-25-17(19)4-7-20-9-11-22-13-15-24-16-14-23-12-10-21-8-5-18/h18H,2-16H2,1H3. The van der Waals surface area contributed by atoms with Gasteiger partial charge in [-0.15, -0.1) is 0 Å². The van der Waals surface area contributed by atoms with Crippen molar-refractivity contribution in [2.75, 3.05) is 79.3 Å². The van der Waals surface area contributed by atoms with Crippen LogP contribution >= 0.6 is 0 Å². The molecule has 1 N–H and O–H groups in total. The second kappa shape index (κ2) is 21.3. The lowest BCUT2D eigenvalue weighted by Gasteiger charge is -2.08. The molecule has 150 valence electrons. The lowest BCUT2D eigenvalue weighted by atomic mass is 10.4. The number of esters is 1. The molecule has 0 amide bonds. The van der Waals surface area contributed by atoms with Crippen LogP contribution in [0.25, 0.3) is 0 Å². The summed E-state index contributed by atoms with van der Waals surface area (Å²) in [6.07, 6.45) is 2.18. The molecular formula is C17H34O8. The highest BCUT2D eigenvalue weighted by atomic mass is 16.6. The Kier molecular flexibility index (Phi) is 20.6. The Morgan fingerprint density at radius 2 is 1.12 bits per heavy atom. The third-order valence-electron chi connectivity index (χ3n) is 2.94. The number of ether oxygens (including phenoxy) is 6. The molecular weight excluding hydrogens is 332 g/mol. The molecule has 0 aromatic carbocycles. The van der Waals surface area contributed by atoms with Crippen LogP contribution in [0.2, 0.25) is 0 Å². The topological polar surface area (TPSA) is 92.7 Å². The molecule has 8 nitrogen and oxygen atoms in total. The Morgan fingerprint density at radius 3 is 1.56 bits per heavy atom. The quantitative estimate of drug-likeness (QED) is 0.250. The van der Waals surface area contributed by atoms with Gasteiger partial charge in [-0.3, -0.25) is 4.79 Å². The van der Waals surface area contributed by atoms with E-state index in [4.69, 9.17) is 33.5 Å². The molecule has 0 radical (unpaired) electrons. The third-order valence-corrected chi connectivity index (χ3v) is 2.94. The first kappa shape index (κ1) is 24.2. The largest absolute Gasteiger partial charge is 0.466 e. The average molecular weight is 366 g/mol. The minimum absolute atomic E-state index is 0.0275. The normalized spacial score (nSPS) is 11.0. The van der Waals surface area contributed by atoms with Crippen LogP contribution in [0.1, 0.15) is 26.2 Å². The molecule has 25 heavy (non-hydrogen) atoms. The first-order valence-electron chi connectivity index (χ1n) is 8.96. The van der Waals surface area contributed by atoms with Crippen molar-refractivity contribution in [1.82, 2.24) is 0 Å². The van der Waals surface area contributed by atoms with Gasteiger partial charge in [-0.05, 0) is 6.42 Å². The highest BCUT2D eigenvalue weighted by Gasteiger charge is 2.02. The molecule has 0 saturated carbocycles. The predicted molar refractivity (Wildman–Crippen MR) is 91.7 cm³/mol. The Morgan fingerprint density at radius 1 is 0.680 bits per heavy atom. The maximum absolute atomic E-state index is 11.3. The van der Waals surface area contributed by atoms with Crippen LogP contribution in [-0.2, 0) is 33.2 Å². The lowest BCUT2D eigenvalue weighted by Crippen LogP contribution is -2.14. The summed E-state index contributed by atoms with van der Waals surface area (Å²) in [5, 5.41) is 8.50. The number of carbonyl (C=O) groups is 1. The van der Waals surface area contributed by atoms with E-state index in [9.17, 15) is 4.79 Å². The Hall–Kier alpha value is -0.770. The summed E-state index contributed by atoms with van der Waals surface area (Å²) < 4.78 is 31.3. The SMILES string of the molecule is CCCCOC(=O)CCOCCOCCOCCOCCOCCO. The second-order valence-electron chi connectivity index (χ2n) is 5.11. The van der Waals surface area contributed by atoms with Crippen LogP contribution in [0.3, 0.4) is 0 Å². The smallest absolute Gasteiger partial charge is 0.308 e. The van der Waals surface area contributed by atoms with Crippen molar-refractivity contribution in [3.8, 4) is 0 Å². The summed E-state index contributed by atoms with van der Waals surface area (Å²) in [7, 11) is 0. The van der Waals surface area contributed by atoms with E-state index in [0.29, 0.717) is 72.7 Å². The molecule has 0 atom stereocenters. The van der Waals surface area contributed by atoms with E-state index in [1.807, 2.05) is 6.92 Å². The van der Waals surface area contributed by atoms with Gasteiger partial charge in [0.15, 0.2) is 0 Å². The molecule has 0 aliphatic carbocycles. The fourth-order valence-corrected chi connectivity index (χ4v) is 1.60.